The predicted molar refractivity (Wildman–Crippen MR) is 89.0 cm³/mol. The van der Waals surface area contributed by atoms with Crippen LogP contribution in [0.5, 0.6) is 0 Å². The number of hydrogen-bond donors (Lipinski definition) is 1. The number of sulfonamides is 1. The summed E-state index contributed by atoms with van der Waals surface area (Å²) in [6.45, 7) is 3.48. The maximum atomic E-state index is 12.6. The predicted octanol–water partition coefficient (Wildman–Crippen LogP) is 2.39. The Morgan fingerprint density at radius 1 is 1.35 bits per heavy atom. The maximum absolute atomic E-state index is 12.6. The van der Waals surface area contributed by atoms with Crippen LogP contribution in [0.2, 0.25) is 0 Å². The Morgan fingerprint density at radius 3 is 2.52 bits per heavy atom. The molecule has 0 radical (unpaired) electrons. The number of aryl methyl sites for hydroxylation is 2. The topological polar surface area (TPSA) is 90.3 Å². The van der Waals surface area contributed by atoms with Crippen molar-refractivity contribution in [3.63, 3.8) is 0 Å². The summed E-state index contributed by atoms with van der Waals surface area (Å²) in [5.74, 6) is -0.623. The second-order valence-electron chi connectivity index (χ2n) is 4.91. The van der Waals surface area contributed by atoms with Gasteiger partial charge in [0.1, 0.15) is 0 Å². The molecular weight excluding hydrogens is 386 g/mol. The molecule has 0 aliphatic carbocycles. The Labute approximate surface area is 142 Å². The van der Waals surface area contributed by atoms with Crippen LogP contribution in [0.15, 0.2) is 27.6 Å². The fraction of sp³-hybridized carbons (Fsp3) is 0.286. The number of hydrogen-bond acceptors (Lipinski definition) is 5. The fourth-order valence-electron chi connectivity index (χ4n) is 2.05. The van der Waals surface area contributed by atoms with Crippen molar-refractivity contribution in [3.8, 4) is 0 Å². The minimum absolute atomic E-state index is 0.0382. The number of aromatic nitrogens is 2. The standard InChI is InChI=1S/C14H16BrN3O4S/c1-8-13(9(2)18(3)16-8)17-23(20,21)10-5-6-12(15)11(7-10)14(19)22-4/h5-7,17H,1-4H3. The molecular formula is C14H16BrN3O4S. The SMILES string of the molecule is COC(=O)c1cc(S(=O)(=O)Nc2c(C)nn(C)c2C)ccc1Br. The van der Waals surface area contributed by atoms with E-state index in [9.17, 15) is 13.2 Å². The first-order valence-electron chi connectivity index (χ1n) is 6.58. The van der Waals surface area contributed by atoms with Crippen molar-refractivity contribution in [2.24, 2.45) is 7.05 Å². The molecule has 1 aromatic heterocycles. The highest BCUT2D eigenvalue weighted by atomic mass is 79.9. The van der Waals surface area contributed by atoms with Crippen LogP contribution in [0.25, 0.3) is 0 Å². The molecule has 0 aliphatic heterocycles. The first-order chi connectivity index (χ1) is 10.7. The molecule has 0 spiro atoms. The molecule has 124 valence electrons. The van der Waals surface area contributed by atoms with Crippen molar-refractivity contribution in [1.82, 2.24) is 9.78 Å². The van der Waals surface area contributed by atoms with Crippen molar-refractivity contribution in [2.45, 2.75) is 18.7 Å². The lowest BCUT2D eigenvalue weighted by Crippen LogP contribution is -2.15. The smallest absolute Gasteiger partial charge is 0.339 e. The lowest BCUT2D eigenvalue weighted by atomic mass is 10.2. The van der Waals surface area contributed by atoms with Crippen LogP contribution < -0.4 is 4.72 Å². The van der Waals surface area contributed by atoms with Gasteiger partial charge in [0.15, 0.2) is 0 Å². The summed E-state index contributed by atoms with van der Waals surface area (Å²) in [5, 5.41) is 4.17. The first kappa shape index (κ1) is 17.5. The summed E-state index contributed by atoms with van der Waals surface area (Å²) in [6.07, 6.45) is 0. The molecule has 0 atom stereocenters. The molecule has 1 heterocycles. The quantitative estimate of drug-likeness (QED) is 0.794. The Balaban J connectivity index is 2.46. The van der Waals surface area contributed by atoms with Crippen molar-refractivity contribution in [2.75, 3.05) is 11.8 Å². The van der Waals surface area contributed by atoms with Crippen molar-refractivity contribution < 1.29 is 17.9 Å². The van der Waals surface area contributed by atoms with Crippen LogP contribution in [-0.2, 0) is 21.8 Å². The lowest BCUT2D eigenvalue weighted by Gasteiger charge is -2.10. The number of benzene rings is 1. The maximum Gasteiger partial charge on any atom is 0.339 e. The van der Waals surface area contributed by atoms with Gasteiger partial charge in [0.05, 0.1) is 34.6 Å². The van der Waals surface area contributed by atoms with E-state index >= 15 is 0 Å². The van der Waals surface area contributed by atoms with E-state index in [0.29, 0.717) is 21.5 Å². The van der Waals surface area contributed by atoms with Crippen LogP contribution in [0.3, 0.4) is 0 Å². The minimum Gasteiger partial charge on any atom is -0.465 e. The van der Waals surface area contributed by atoms with E-state index < -0.39 is 16.0 Å². The summed E-state index contributed by atoms with van der Waals surface area (Å²) in [6, 6.07) is 4.16. The third-order valence-corrected chi connectivity index (χ3v) is 5.44. The number of carbonyl (C=O) groups excluding carboxylic acids is 1. The monoisotopic (exact) mass is 401 g/mol. The van der Waals surface area contributed by atoms with Gasteiger partial charge in [0.25, 0.3) is 10.0 Å². The van der Waals surface area contributed by atoms with Gasteiger partial charge >= 0.3 is 5.97 Å². The third kappa shape index (κ3) is 3.40. The summed E-state index contributed by atoms with van der Waals surface area (Å²) < 4.78 is 34.4. The molecule has 7 nitrogen and oxygen atoms in total. The number of nitrogens with one attached hydrogen (secondary N) is 1. The van der Waals surface area contributed by atoms with Gasteiger partial charge in [0, 0.05) is 11.5 Å². The van der Waals surface area contributed by atoms with Crippen molar-refractivity contribution in [3.05, 3.63) is 39.6 Å². The van der Waals surface area contributed by atoms with Crippen LogP contribution in [0.4, 0.5) is 5.69 Å². The summed E-state index contributed by atoms with van der Waals surface area (Å²) >= 11 is 3.20. The Bertz CT molecular complexity index is 874. The van der Waals surface area contributed by atoms with Gasteiger partial charge in [-0.05, 0) is 48.0 Å². The molecule has 2 aromatic rings. The molecule has 1 aromatic carbocycles. The van der Waals surface area contributed by atoms with Crippen LogP contribution in [0, 0.1) is 13.8 Å². The van der Waals surface area contributed by atoms with E-state index in [4.69, 9.17) is 0 Å². The van der Waals surface area contributed by atoms with Gasteiger partial charge in [0.2, 0.25) is 0 Å². The van der Waals surface area contributed by atoms with E-state index in [2.05, 4.69) is 30.5 Å². The van der Waals surface area contributed by atoms with Gasteiger partial charge in [-0.15, -0.1) is 0 Å². The highest BCUT2D eigenvalue weighted by molar-refractivity contribution is 9.10. The third-order valence-electron chi connectivity index (χ3n) is 3.40. The van der Waals surface area contributed by atoms with Gasteiger partial charge in [-0.3, -0.25) is 9.40 Å². The number of methoxy groups -OCH3 is 1. The normalized spacial score (nSPS) is 11.3. The molecule has 9 heteroatoms. The average molecular weight is 402 g/mol. The summed E-state index contributed by atoms with van der Waals surface area (Å²) in [5.41, 5.74) is 1.82. The van der Waals surface area contributed by atoms with Gasteiger partial charge < -0.3 is 4.74 Å². The number of ether oxygens (including phenoxy) is 1. The molecule has 0 saturated carbocycles. The highest BCUT2D eigenvalue weighted by Crippen LogP contribution is 2.26. The van der Waals surface area contributed by atoms with Crippen molar-refractivity contribution in [1.29, 1.82) is 0 Å². The number of nitrogens with zero attached hydrogens (tertiary/aromatic N) is 2. The molecule has 0 saturated heterocycles. The van der Waals surface area contributed by atoms with E-state index in [-0.39, 0.29) is 10.5 Å². The average Bonchev–Trinajstić information content (AvgIpc) is 2.73. The first-order valence-corrected chi connectivity index (χ1v) is 8.86. The van der Waals surface area contributed by atoms with Crippen molar-refractivity contribution >= 4 is 37.6 Å². The van der Waals surface area contributed by atoms with Crippen LogP contribution in [0.1, 0.15) is 21.7 Å². The number of rotatable bonds is 4. The second-order valence-corrected chi connectivity index (χ2v) is 7.44. The number of esters is 1. The van der Waals surface area contributed by atoms with Gasteiger partial charge in [-0.25, -0.2) is 13.2 Å². The van der Waals surface area contributed by atoms with Crippen LogP contribution >= 0.6 is 15.9 Å². The van der Waals surface area contributed by atoms with E-state index in [0.717, 1.165) is 0 Å². The largest absolute Gasteiger partial charge is 0.465 e. The molecule has 1 N–H and O–H groups in total. The molecule has 0 aliphatic rings. The van der Waals surface area contributed by atoms with E-state index in [1.54, 1.807) is 25.6 Å². The van der Waals surface area contributed by atoms with Gasteiger partial charge in [-0.2, -0.15) is 5.10 Å². The number of carbonyl (C=O) groups is 1. The summed E-state index contributed by atoms with van der Waals surface area (Å²) in [7, 11) is -0.894. The summed E-state index contributed by atoms with van der Waals surface area (Å²) in [4.78, 5) is 11.7. The molecule has 0 bridgehead atoms. The Hall–Kier alpha value is -1.87. The molecule has 0 fully saturated rings. The Kier molecular flexibility index (Phi) is 4.81. The number of halogens is 1. The zero-order chi connectivity index (χ0) is 17.4. The van der Waals surface area contributed by atoms with E-state index in [1.807, 2.05) is 0 Å². The zero-order valence-electron chi connectivity index (χ0n) is 13.0. The fourth-order valence-corrected chi connectivity index (χ4v) is 3.66. The molecule has 23 heavy (non-hydrogen) atoms. The van der Waals surface area contributed by atoms with Crippen LogP contribution in [-0.4, -0.2) is 31.3 Å². The Morgan fingerprint density at radius 2 is 2.00 bits per heavy atom. The zero-order valence-corrected chi connectivity index (χ0v) is 15.4. The molecule has 2 rings (SSSR count). The van der Waals surface area contributed by atoms with E-state index in [1.165, 1.54) is 25.3 Å². The minimum atomic E-state index is -3.86. The second kappa shape index (κ2) is 6.32. The molecule has 0 unspecified atom stereocenters. The van der Waals surface area contributed by atoms with Gasteiger partial charge in [-0.1, -0.05) is 0 Å². The highest BCUT2D eigenvalue weighted by Gasteiger charge is 2.22. The lowest BCUT2D eigenvalue weighted by molar-refractivity contribution is 0.0599. The number of anilines is 1. The molecule has 0 amide bonds.